The first-order valence-corrected chi connectivity index (χ1v) is 7.77. The number of likely N-dealkylation sites (tertiary alicyclic amines) is 1. The summed E-state index contributed by atoms with van der Waals surface area (Å²) in [7, 11) is 2.22. The van der Waals surface area contributed by atoms with Gasteiger partial charge in [-0.05, 0) is 53.6 Å². The molecule has 0 aromatic rings. The monoisotopic (exact) mass is 283 g/mol. The van der Waals surface area contributed by atoms with E-state index in [-0.39, 0.29) is 6.04 Å². The molecule has 3 atom stereocenters. The number of carboxylic acid groups (broad SMARTS) is 1. The second kappa shape index (κ2) is 6.00. The zero-order valence-corrected chi connectivity index (χ0v) is 13.2. The second-order valence-corrected chi connectivity index (χ2v) is 7.01. The van der Waals surface area contributed by atoms with Gasteiger partial charge in [-0.25, -0.2) is 0 Å². The molecule has 3 unspecified atom stereocenters. The molecule has 5 nitrogen and oxygen atoms in total. The molecule has 2 fully saturated rings. The van der Waals surface area contributed by atoms with Crippen molar-refractivity contribution in [2.75, 3.05) is 26.7 Å². The van der Waals surface area contributed by atoms with Gasteiger partial charge in [-0.1, -0.05) is 0 Å². The lowest BCUT2D eigenvalue weighted by Crippen LogP contribution is -2.59. The molecule has 0 saturated carbocycles. The quantitative estimate of drug-likeness (QED) is 0.788. The number of carbonyl (C=O) groups is 1. The Bertz CT molecular complexity index is 361. The number of carboxylic acids is 1. The third kappa shape index (κ3) is 3.32. The van der Waals surface area contributed by atoms with Crippen LogP contribution in [0.3, 0.4) is 0 Å². The SMILES string of the molecule is CC(C)NC(C)(CN1CCC2CCC(C1)N2C)C(=O)O. The Labute approximate surface area is 122 Å². The lowest BCUT2D eigenvalue weighted by molar-refractivity contribution is -0.145. The van der Waals surface area contributed by atoms with Gasteiger partial charge in [0.05, 0.1) is 0 Å². The molecule has 2 N–H and O–H groups in total. The summed E-state index contributed by atoms with van der Waals surface area (Å²) in [6.45, 7) is 8.39. The van der Waals surface area contributed by atoms with Crippen molar-refractivity contribution in [3.8, 4) is 0 Å². The highest BCUT2D eigenvalue weighted by atomic mass is 16.4. The van der Waals surface area contributed by atoms with Crippen LogP contribution >= 0.6 is 0 Å². The molecule has 0 amide bonds. The molecule has 2 rings (SSSR count). The van der Waals surface area contributed by atoms with Gasteiger partial charge < -0.3 is 5.11 Å². The number of nitrogens with zero attached hydrogens (tertiary/aromatic N) is 2. The Morgan fingerprint density at radius 3 is 2.60 bits per heavy atom. The van der Waals surface area contributed by atoms with E-state index in [9.17, 15) is 9.90 Å². The Morgan fingerprint density at radius 2 is 2.00 bits per heavy atom. The van der Waals surface area contributed by atoms with Crippen LogP contribution in [0.2, 0.25) is 0 Å². The minimum atomic E-state index is -0.865. The Morgan fingerprint density at radius 1 is 1.35 bits per heavy atom. The summed E-state index contributed by atoms with van der Waals surface area (Å²) >= 11 is 0. The first kappa shape index (κ1) is 15.7. The molecule has 0 aromatic carbocycles. The van der Waals surface area contributed by atoms with Gasteiger partial charge >= 0.3 is 5.97 Å². The summed E-state index contributed by atoms with van der Waals surface area (Å²) in [4.78, 5) is 16.5. The van der Waals surface area contributed by atoms with E-state index in [1.807, 2.05) is 20.8 Å². The van der Waals surface area contributed by atoms with Crippen LogP contribution in [-0.4, -0.2) is 71.2 Å². The molecular weight excluding hydrogens is 254 g/mol. The van der Waals surface area contributed by atoms with Crippen LogP contribution in [0.4, 0.5) is 0 Å². The third-order valence-electron chi connectivity index (χ3n) is 4.85. The van der Waals surface area contributed by atoms with Crippen molar-refractivity contribution in [3.05, 3.63) is 0 Å². The van der Waals surface area contributed by atoms with Crippen molar-refractivity contribution in [2.24, 2.45) is 0 Å². The van der Waals surface area contributed by atoms with E-state index < -0.39 is 11.5 Å². The van der Waals surface area contributed by atoms with Gasteiger partial charge in [0.25, 0.3) is 0 Å². The minimum absolute atomic E-state index is 0.169. The lowest BCUT2D eigenvalue weighted by Gasteiger charge is -2.35. The maximum atomic E-state index is 11.6. The molecule has 2 heterocycles. The van der Waals surface area contributed by atoms with Gasteiger partial charge in [0.2, 0.25) is 0 Å². The summed E-state index contributed by atoms with van der Waals surface area (Å²) in [6.07, 6.45) is 3.71. The van der Waals surface area contributed by atoms with E-state index >= 15 is 0 Å². The number of hydrogen-bond acceptors (Lipinski definition) is 4. The van der Waals surface area contributed by atoms with Crippen molar-refractivity contribution in [2.45, 2.75) is 63.7 Å². The zero-order valence-electron chi connectivity index (χ0n) is 13.2. The van der Waals surface area contributed by atoms with Crippen molar-refractivity contribution >= 4 is 5.97 Å². The van der Waals surface area contributed by atoms with E-state index in [1.165, 1.54) is 12.8 Å². The first-order valence-electron chi connectivity index (χ1n) is 7.77. The lowest BCUT2D eigenvalue weighted by atomic mass is 9.99. The number of hydrogen-bond donors (Lipinski definition) is 2. The highest BCUT2D eigenvalue weighted by Gasteiger charge is 2.39. The van der Waals surface area contributed by atoms with Crippen molar-refractivity contribution in [3.63, 3.8) is 0 Å². The van der Waals surface area contributed by atoms with Gasteiger partial charge in [-0.3, -0.25) is 19.9 Å². The van der Waals surface area contributed by atoms with Crippen LogP contribution in [0.1, 0.15) is 40.0 Å². The van der Waals surface area contributed by atoms with Crippen molar-refractivity contribution < 1.29 is 9.90 Å². The highest BCUT2D eigenvalue weighted by molar-refractivity contribution is 5.78. The molecular formula is C15H29N3O2. The summed E-state index contributed by atoms with van der Waals surface area (Å²) in [5.74, 6) is -0.756. The number of aliphatic carboxylic acids is 1. The van der Waals surface area contributed by atoms with Gasteiger partial charge in [0.1, 0.15) is 5.54 Å². The molecule has 2 aliphatic rings. The zero-order chi connectivity index (χ0) is 14.9. The molecule has 5 heteroatoms. The van der Waals surface area contributed by atoms with Crippen LogP contribution in [0.5, 0.6) is 0 Å². The van der Waals surface area contributed by atoms with Gasteiger partial charge in [0, 0.05) is 31.2 Å². The molecule has 2 aliphatic heterocycles. The smallest absolute Gasteiger partial charge is 0.324 e. The predicted molar refractivity (Wildman–Crippen MR) is 79.9 cm³/mol. The van der Waals surface area contributed by atoms with Crippen LogP contribution in [-0.2, 0) is 4.79 Å². The Balaban J connectivity index is 2.02. The average molecular weight is 283 g/mol. The molecule has 0 radical (unpaired) electrons. The molecule has 0 aliphatic carbocycles. The number of nitrogens with one attached hydrogen (secondary N) is 1. The summed E-state index contributed by atoms with van der Waals surface area (Å²) in [5, 5.41) is 12.8. The van der Waals surface area contributed by atoms with Gasteiger partial charge in [-0.2, -0.15) is 0 Å². The maximum absolute atomic E-state index is 11.6. The van der Waals surface area contributed by atoms with E-state index in [4.69, 9.17) is 0 Å². The topological polar surface area (TPSA) is 55.8 Å². The normalized spacial score (nSPS) is 31.2. The van der Waals surface area contributed by atoms with E-state index in [2.05, 4.69) is 22.2 Å². The van der Waals surface area contributed by atoms with Crippen LogP contribution in [0, 0.1) is 0 Å². The van der Waals surface area contributed by atoms with Gasteiger partial charge in [0.15, 0.2) is 0 Å². The van der Waals surface area contributed by atoms with E-state index in [0.29, 0.717) is 18.6 Å². The van der Waals surface area contributed by atoms with E-state index in [1.54, 1.807) is 0 Å². The first-order chi connectivity index (χ1) is 9.32. The number of likely N-dealkylation sites (N-methyl/N-ethyl adjacent to an activating group) is 1. The molecule has 0 spiro atoms. The van der Waals surface area contributed by atoms with E-state index in [0.717, 1.165) is 19.5 Å². The van der Waals surface area contributed by atoms with Crippen LogP contribution in [0.15, 0.2) is 0 Å². The minimum Gasteiger partial charge on any atom is -0.480 e. The fourth-order valence-corrected chi connectivity index (χ4v) is 3.78. The summed E-state index contributed by atoms with van der Waals surface area (Å²) in [6, 6.07) is 1.46. The van der Waals surface area contributed by atoms with Gasteiger partial charge in [-0.15, -0.1) is 0 Å². The number of fused-ring (bicyclic) bond motifs is 2. The largest absolute Gasteiger partial charge is 0.480 e. The molecule has 2 bridgehead atoms. The third-order valence-corrected chi connectivity index (χ3v) is 4.85. The molecule has 2 saturated heterocycles. The van der Waals surface area contributed by atoms with Crippen LogP contribution in [0.25, 0.3) is 0 Å². The van der Waals surface area contributed by atoms with Crippen molar-refractivity contribution in [1.29, 1.82) is 0 Å². The van der Waals surface area contributed by atoms with Crippen LogP contribution < -0.4 is 5.32 Å². The maximum Gasteiger partial charge on any atom is 0.324 e. The standard InChI is InChI=1S/C15H29N3O2/c1-11(2)16-15(3,14(19)20)10-18-8-7-12-5-6-13(9-18)17(12)4/h11-13,16H,5-10H2,1-4H3,(H,19,20). The highest BCUT2D eigenvalue weighted by Crippen LogP contribution is 2.29. The fraction of sp³-hybridized carbons (Fsp3) is 0.933. The Hall–Kier alpha value is -0.650. The molecule has 116 valence electrons. The molecule has 0 aromatic heterocycles. The summed E-state index contributed by atoms with van der Waals surface area (Å²) in [5.41, 5.74) is -0.865. The predicted octanol–water partition coefficient (Wildman–Crippen LogP) is 0.996. The summed E-state index contributed by atoms with van der Waals surface area (Å²) < 4.78 is 0. The fourth-order valence-electron chi connectivity index (χ4n) is 3.78. The average Bonchev–Trinajstić information content (AvgIpc) is 2.56. The Kier molecular flexibility index (Phi) is 4.72. The van der Waals surface area contributed by atoms with Crippen molar-refractivity contribution in [1.82, 2.24) is 15.1 Å². The second-order valence-electron chi connectivity index (χ2n) is 7.01. The molecule has 20 heavy (non-hydrogen) atoms. The number of rotatable bonds is 5.